The maximum absolute atomic E-state index is 11.7. The summed E-state index contributed by atoms with van der Waals surface area (Å²) in [6.07, 6.45) is 0.805. The van der Waals surface area contributed by atoms with Crippen molar-refractivity contribution in [2.24, 2.45) is 0 Å². The van der Waals surface area contributed by atoms with Crippen LogP contribution in [0.3, 0.4) is 0 Å². The van der Waals surface area contributed by atoms with Crippen LogP contribution >= 0.6 is 11.8 Å². The molecule has 110 valence electrons. The van der Waals surface area contributed by atoms with Crippen LogP contribution in [-0.2, 0) is 11.2 Å². The zero-order valence-corrected chi connectivity index (χ0v) is 12.6. The topological polar surface area (TPSA) is 74.8 Å². The molecule has 0 atom stereocenters. The number of aryl methyl sites for hydroxylation is 1. The van der Waals surface area contributed by atoms with E-state index in [4.69, 9.17) is 0 Å². The molecule has 2 rings (SSSR count). The highest BCUT2D eigenvalue weighted by molar-refractivity contribution is 7.99. The molecule has 2 aromatic rings. The van der Waals surface area contributed by atoms with Gasteiger partial charge >= 0.3 is 5.69 Å². The van der Waals surface area contributed by atoms with Gasteiger partial charge in [-0.25, -0.2) is 4.79 Å². The molecule has 21 heavy (non-hydrogen) atoms. The lowest BCUT2D eigenvalue weighted by Crippen LogP contribution is -2.27. The maximum Gasteiger partial charge on any atom is 0.346 e. The van der Waals surface area contributed by atoms with Crippen LogP contribution in [0.25, 0.3) is 0 Å². The van der Waals surface area contributed by atoms with E-state index in [1.54, 1.807) is 13.0 Å². The SMILES string of the molecule is Cc1cc(SCC(=O)NCCc2ccccc2)nc(=O)[nH]1. The number of hydrogen-bond acceptors (Lipinski definition) is 4. The van der Waals surface area contributed by atoms with Crippen molar-refractivity contribution in [3.8, 4) is 0 Å². The van der Waals surface area contributed by atoms with Gasteiger partial charge in [-0.3, -0.25) is 4.79 Å². The van der Waals surface area contributed by atoms with E-state index >= 15 is 0 Å². The zero-order valence-electron chi connectivity index (χ0n) is 11.8. The van der Waals surface area contributed by atoms with E-state index in [-0.39, 0.29) is 17.3 Å². The standard InChI is InChI=1S/C15H17N3O2S/c1-11-9-14(18-15(20)17-11)21-10-13(19)16-8-7-12-5-3-2-4-6-12/h2-6,9H,7-8,10H2,1H3,(H,16,19)(H,17,18,20). The summed E-state index contributed by atoms with van der Waals surface area (Å²) >= 11 is 1.26. The number of nitrogens with zero attached hydrogens (tertiary/aromatic N) is 1. The molecule has 0 bridgehead atoms. The summed E-state index contributed by atoms with van der Waals surface area (Å²) in [5, 5.41) is 3.42. The number of H-pyrrole nitrogens is 1. The van der Waals surface area contributed by atoms with E-state index < -0.39 is 0 Å². The Morgan fingerprint density at radius 3 is 2.81 bits per heavy atom. The summed E-state index contributed by atoms with van der Waals surface area (Å²) in [5.74, 6) is 0.195. The Morgan fingerprint density at radius 2 is 2.10 bits per heavy atom. The first-order valence-electron chi connectivity index (χ1n) is 6.65. The van der Waals surface area contributed by atoms with Crippen molar-refractivity contribution in [1.82, 2.24) is 15.3 Å². The van der Waals surface area contributed by atoms with E-state index in [0.717, 1.165) is 12.1 Å². The Labute approximate surface area is 127 Å². The second kappa shape index (κ2) is 7.64. The molecule has 0 aliphatic carbocycles. The van der Waals surface area contributed by atoms with Gasteiger partial charge in [0.15, 0.2) is 0 Å². The van der Waals surface area contributed by atoms with Crippen LogP contribution in [0.15, 0.2) is 46.2 Å². The third-order valence-corrected chi connectivity index (χ3v) is 3.70. The fourth-order valence-electron chi connectivity index (χ4n) is 1.81. The number of aromatic nitrogens is 2. The van der Waals surface area contributed by atoms with E-state index in [2.05, 4.69) is 15.3 Å². The van der Waals surface area contributed by atoms with Crippen LogP contribution in [0.1, 0.15) is 11.3 Å². The molecule has 0 saturated heterocycles. The first-order valence-corrected chi connectivity index (χ1v) is 7.63. The molecule has 6 heteroatoms. The Hall–Kier alpha value is -2.08. The molecule has 0 aliphatic rings. The molecular weight excluding hydrogens is 286 g/mol. The van der Waals surface area contributed by atoms with Crippen LogP contribution < -0.4 is 11.0 Å². The Kier molecular flexibility index (Phi) is 5.57. The van der Waals surface area contributed by atoms with Gasteiger partial charge in [-0.2, -0.15) is 4.98 Å². The molecule has 1 aromatic heterocycles. The number of carbonyl (C=O) groups is 1. The van der Waals surface area contributed by atoms with Crippen LogP contribution in [0.2, 0.25) is 0 Å². The number of hydrogen-bond donors (Lipinski definition) is 2. The normalized spacial score (nSPS) is 10.3. The molecule has 1 amide bonds. The quantitative estimate of drug-likeness (QED) is 0.627. The largest absolute Gasteiger partial charge is 0.355 e. The number of carbonyl (C=O) groups excluding carboxylic acids is 1. The van der Waals surface area contributed by atoms with Gasteiger partial charge in [0.25, 0.3) is 0 Å². The highest BCUT2D eigenvalue weighted by Gasteiger charge is 2.04. The van der Waals surface area contributed by atoms with E-state index in [9.17, 15) is 9.59 Å². The van der Waals surface area contributed by atoms with E-state index in [1.165, 1.54) is 17.3 Å². The van der Waals surface area contributed by atoms with Crippen molar-refractivity contribution in [1.29, 1.82) is 0 Å². The minimum absolute atomic E-state index is 0.0596. The first-order chi connectivity index (χ1) is 10.1. The average molecular weight is 303 g/mol. The molecule has 1 aromatic carbocycles. The number of benzene rings is 1. The number of rotatable bonds is 6. The van der Waals surface area contributed by atoms with Gasteiger partial charge in [0.05, 0.1) is 5.75 Å². The number of amides is 1. The summed E-state index contributed by atoms with van der Waals surface area (Å²) in [7, 11) is 0. The van der Waals surface area contributed by atoms with Crippen LogP contribution in [-0.4, -0.2) is 28.2 Å². The van der Waals surface area contributed by atoms with Gasteiger partial charge in [0.1, 0.15) is 5.03 Å². The van der Waals surface area contributed by atoms with Gasteiger partial charge < -0.3 is 10.3 Å². The van der Waals surface area contributed by atoms with E-state index in [0.29, 0.717) is 11.6 Å². The van der Waals surface area contributed by atoms with Crippen LogP contribution in [0, 0.1) is 6.92 Å². The van der Waals surface area contributed by atoms with Gasteiger partial charge in [-0.15, -0.1) is 0 Å². The third kappa shape index (κ3) is 5.43. The summed E-state index contributed by atoms with van der Waals surface area (Å²) < 4.78 is 0. The molecular formula is C15H17N3O2S. The molecule has 2 N–H and O–H groups in total. The molecule has 0 aliphatic heterocycles. The summed E-state index contributed by atoms with van der Waals surface area (Å²) in [4.78, 5) is 29.3. The summed E-state index contributed by atoms with van der Waals surface area (Å²) in [5.41, 5.74) is 1.54. The molecule has 1 heterocycles. The smallest absolute Gasteiger partial charge is 0.346 e. The third-order valence-electron chi connectivity index (χ3n) is 2.79. The number of aromatic amines is 1. The van der Waals surface area contributed by atoms with Gasteiger partial charge in [0.2, 0.25) is 5.91 Å². The summed E-state index contributed by atoms with van der Waals surface area (Å²) in [6.45, 7) is 2.39. The average Bonchev–Trinajstić information content (AvgIpc) is 2.45. The van der Waals surface area contributed by atoms with Gasteiger partial charge in [0, 0.05) is 12.2 Å². The minimum atomic E-state index is -0.387. The Balaban J connectivity index is 1.73. The predicted molar refractivity (Wildman–Crippen MR) is 83.5 cm³/mol. The van der Waals surface area contributed by atoms with Crippen molar-refractivity contribution >= 4 is 17.7 Å². The highest BCUT2D eigenvalue weighted by Crippen LogP contribution is 2.13. The maximum atomic E-state index is 11.7. The lowest BCUT2D eigenvalue weighted by Gasteiger charge is -2.05. The van der Waals surface area contributed by atoms with Crippen LogP contribution in [0.4, 0.5) is 0 Å². The summed E-state index contributed by atoms with van der Waals surface area (Å²) in [6, 6.07) is 11.7. The second-order valence-electron chi connectivity index (χ2n) is 4.58. The van der Waals surface area contributed by atoms with Crippen molar-refractivity contribution in [3.05, 3.63) is 58.1 Å². The van der Waals surface area contributed by atoms with Crippen LogP contribution in [0.5, 0.6) is 0 Å². The second-order valence-corrected chi connectivity index (χ2v) is 5.58. The minimum Gasteiger partial charge on any atom is -0.355 e. The molecule has 0 unspecified atom stereocenters. The molecule has 0 spiro atoms. The van der Waals surface area contributed by atoms with Crippen molar-refractivity contribution < 1.29 is 4.79 Å². The first kappa shape index (κ1) is 15.3. The van der Waals surface area contributed by atoms with Crippen molar-refractivity contribution in [3.63, 3.8) is 0 Å². The lowest BCUT2D eigenvalue weighted by atomic mass is 10.1. The van der Waals surface area contributed by atoms with Gasteiger partial charge in [-0.1, -0.05) is 42.1 Å². The lowest BCUT2D eigenvalue weighted by molar-refractivity contribution is -0.118. The predicted octanol–water partition coefficient (Wildman–Crippen LogP) is 1.53. The number of thioether (sulfide) groups is 1. The van der Waals surface area contributed by atoms with Crippen molar-refractivity contribution in [2.75, 3.05) is 12.3 Å². The fourth-order valence-corrected chi connectivity index (χ4v) is 2.59. The fraction of sp³-hybridized carbons (Fsp3) is 0.267. The highest BCUT2D eigenvalue weighted by atomic mass is 32.2. The van der Waals surface area contributed by atoms with E-state index in [1.807, 2.05) is 30.3 Å². The monoisotopic (exact) mass is 303 g/mol. The molecule has 0 saturated carbocycles. The van der Waals surface area contributed by atoms with Crippen molar-refractivity contribution in [2.45, 2.75) is 18.4 Å². The molecule has 0 radical (unpaired) electrons. The zero-order chi connectivity index (χ0) is 15.1. The van der Waals surface area contributed by atoms with Gasteiger partial charge in [-0.05, 0) is 25.0 Å². The Bertz CT molecular complexity index is 655. The molecule has 5 nitrogen and oxygen atoms in total. The molecule has 0 fully saturated rings. The Morgan fingerprint density at radius 1 is 1.33 bits per heavy atom. The number of nitrogens with one attached hydrogen (secondary N) is 2.